The summed E-state index contributed by atoms with van der Waals surface area (Å²) in [6.45, 7) is 3.69. The molecule has 22 heavy (non-hydrogen) atoms. The molecule has 3 aromatic rings. The Labute approximate surface area is 128 Å². The summed E-state index contributed by atoms with van der Waals surface area (Å²) in [6.07, 6.45) is 5.09. The highest BCUT2D eigenvalue weighted by atomic mass is 16.1. The van der Waals surface area contributed by atoms with Gasteiger partial charge >= 0.3 is 0 Å². The van der Waals surface area contributed by atoms with Crippen molar-refractivity contribution >= 4 is 22.8 Å². The third-order valence-corrected chi connectivity index (χ3v) is 3.36. The van der Waals surface area contributed by atoms with E-state index in [-0.39, 0.29) is 0 Å². The fourth-order valence-corrected chi connectivity index (χ4v) is 2.32. The van der Waals surface area contributed by atoms with Crippen molar-refractivity contribution in [1.82, 2.24) is 9.97 Å². The standard InChI is InChI=1S/C19H13N2O/c1-2-14(13-22)19(17-9-5-6-12-20-17)18-11-10-15-7-3-4-8-16(15)21-18/h2-12H,1H2. The van der Waals surface area contributed by atoms with E-state index >= 15 is 0 Å². The molecule has 0 bridgehead atoms. The minimum absolute atomic E-state index is 0.349. The third kappa shape index (κ3) is 2.56. The van der Waals surface area contributed by atoms with E-state index in [4.69, 9.17) is 0 Å². The van der Waals surface area contributed by atoms with Crippen LogP contribution >= 0.6 is 0 Å². The highest BCUT2D eigenvalue weighted by Gasteiger charge is 2.13. The van der Waals surface area contributed by atoms with Crippen molar-refractivity contribution in [3.8, 4) is 0 Å². The molecule has 0 aliphatic rings. The van der Waals surface area contributed by atoms with Gasteiger partial charge in [0.1, 0.15) is 0 Å². The Morgan fingerprint density at radius 3 is 2.55 bits per heavy atom. The highest BCUT2D eigenvalue weighted by Crippen LogP contribution is 2.25. The molecule has 0 unspecified atom stereocenters. The third-order valence-electron chi connectivity index (χ3n) is 3.36. The van der Waals surface area contributed by atoms with Crippen LogP contribution in [0.25, 0.3) is 16.5 Å². The quantitative estimate of drug-likeness (QED) is 0.542. The highest BCUT2D eigenvalue weighted by molar-refractivity contribution is 5.97. The second-order valence-corrected chi connectivity index (χ2v) is 4.70. The largest absolute Gasteiger partial charge is 0.285 e. The molecule has 0 spiro atoms. The molecule has 105 valence electrons. The smallest absolute Gasteiger partial charge is 0.234 e. The predicted octanol–water partition coefficient (Wildman–Crippen LogP) is 3.73. The Kier molecular flexibility index (Phi) is 3.88. The SMILES string of the molecule is C=CC([C]=O)=C(c1ccccn1)c1ccc2ccccc2n1. The molecule has 0 aliphatic heterocycles. The number of fused-ring (bicyclic) bond motifs is 1. The molecule has 0 aliphatic carbocycles. The Morgan fingerprint density at radius 1 is 1.00 bits per heavy atom. The topological polar surface area (TPSA) is 42.9 Å². The van der Waals surface area contributed by atoms with Gasteiger partial charge < -0.3 is 0 Å². The fourth-order valence-electron chi connectivity index (χ4n) is 2.32. The van der Waals surface area contributed by atoms with Gasteiger partial charge in [0, 0.05) is 22.7 Å². The van der Waals surface area contributed by atoms with E-state index in [1.165, 1.54) is 6.08 Å². The Balaban J connectivity index is 2.27. The lowest BCUT2D eigenvalue weighted by molar-refractivity contribution is 0.563. The average Bonchev–Trinajstić information content (AvgIpc) is 2.60. The molecule has 1 radical (unpaired) electrons. The normalized spacial score (nSPS) is 11.8. The van der Waals surface area contributed by atoms with Gasteiger partial charge in [0.2, 0.25) is 6.29 Å². The molecule has 2 aromatic heterocycles. The van der Waals surface area contributed by atoms with Crippen LogP contribution in [-0.4, -0.2) is 16.3 Å². The van der Waals surface area contributed by atoms with Crippen molar-refractivity contribution in [2.45, 2.75) is 0 Å². The molecule has 3 heteroatoms. The lowest BCUT2D eigenvalue weighted by Crippen LogP contribution is -1.99. The summed E-state index contributed by atoms with van der Waals surface area (Å²) in [5, 5.41) is 1.04. The van der Waals surface area contributed by atoms with Gasteiger partial charge in [-0.3, -0.25) is 9.78 Å². The van der Waals surface area contributed by atoms with Crippen LogP contribution < -0.4 is 0 Å². The van der Waals surface area contributed by atoms with Crippen molar-refractivity contribution in [1.29, 1.82) is 0 Å². The molecule has 0 amide bonds. The van der Waals surface area contributed by atoms with E-state index in [0.29, 0.717) is 22.5 Å². The van der Waals surface area contributed by atoms with Crippen LogP contribution in [0.4, 0.5) is 0 Å². The number of rotatable bonds is 4. The maximum Gasteiger partial charge on any atom is 0.234 e. The van der Waals surface area contributed by atoms with Crippen molar-refractivity contribution in [2.75, 3.05) is 0 Å². The fraction of sp³-hybridized carbons (Fsp3) is 0. The Hall–Kier alpha value is -3.07. The molecule has 0 fully saturated rings. The number of pyridine rings is 2. The van der Waals surface area contributed by atoms with Crippen LogP contribution in [0.3, 0.4) is 0 Å². The predicted molar refractivity (Wildman–Crippen MR) is 87.9 cm³/mol. The van der Waals surface area contributed by atoms with E-state index in [9.17, 15) is 4.79 Å². The molecular formula is C19H13N2O. The summed E-state index contributed by atoms with van der Waals surface area (Å²) in [5.41, 5.74) is 3.19. The number of hydrogen-bond donors (Lipinski definition) is 0. The zero-order chi connectivity index (χ0) is 15.4. The first-order chi connectivity index (χ1) is 10.8. The Bertz CT molecular complexity index is 857. The summed E-state index contributed by atoms with van der Waals surface area (Å²) in [6, 6.07) is 17.2. The minimum Gasteiger partial charge on any atom is -0.285 e. The number of aromatic nitrogens is 2. The molecule has 3 rings (SSSR count). The first kappa shape index (κ1) is 13.9. The average molecular weight is 285 g/mol. The zero-order valence-corrected chi connectivity index (χ0v) is 11.9. The summed E-state index contributed by atoms with van der Waals surface area (Å²) in [5.74, 6) is 0. The summed E-state index contributed by atoms with van der Waals surface area (Å²) in [4.78, 5) is 20.3. The van der Waals surface area contributed by atoms with Crippen LogP contribution in [0.2, 0.25) is 0 Å². The Morgan fingerprint density at radius 2 is 1.82 bits per heavy atom. The van der Waals surface area contributed by atoms with Crippen LogP contribution in [-0.2, 0) is 4.79 Å². The van der Waals surface area contributed by atoms with E-state index in [2.05, 4.69) is 16.5 Å². The van der Waals surface area contributed by atoms with Gasteiger partial charge in [0.25, 0.3) is 0 Å². The molecule has 0 saturated carbocycles. The zero-order valence-electron chi connectivity index (χ0n) is 11.9. The maximum atomic E-state index is 11.3. The molecule has 0 saturated heterocycles. The van der Waals surface area contributed by atoms with Gasteiger partial charge in [-0.2, -0.15) is 0 Å². The number of para-hydroxylation sites is 1. The molecule has 3 nitrogen and oxygen atoms in total. The van der Waals surface area contributed by atoms with Gasteiger partial charge in [-0.1, -0.05) is 43.0 Å². The summed E-state index contributed by atoms with van der Waals surface area (Å²) in [7, 11) is 0. The van der Waals surface area contributed by atoms with E-state index in [1.807, 2.05) is 60.9 Å². The lowest BCUT2D eigenvalue weighted by atomic mass is 10.0. The second kappa shape index (κ2) is 6.14. The van der Waals surface area contributed by atoms with Crippen LogP contribution in [0.15, 0.2) is 79.0 Å². The van der Waals surface area contributed by atoms with E-state index in [0.717, 1.165) is 10.9 Å². The number of hydrogen-bond acceptors (Lipinski definition) is 3. The van der Waals surface area contributed by atoms with E-state index < -0.39 is 0 Å². The molecular weight excluding hydrogens is 272 g/mol. The van der Waals surface area contributed by atoms with Crippen molar-refractivity contribution in [2.24, 2.45) is 0 Å². The van der Waals surface area contributed by atoms with Gasteiger partial charge in [0.15, 0.2) is 0 Å². The number of allylic oxidation sites excluding steroid dienone is 2. The van der Waals surface area contributed by atoms with Crippen molar-refractivity contribution in [3.05, 3.63) is 90.4 Å². The van der Waals surface area contributed by atoms with Crippen molar-refractivity contribution < 1.29 is 4.79 Å². The van der Waals surface area contributed by atoms with Gasteiger partial charge in [-0.05, 0) is 24.3 Å². The maximum absolute atomic E-state index is 11.3. The summed E-state index contributed by atoms with van der Waals surface area (Å²) < 4.78 is 0. The number of nitrogens with zero attached hydrogens (tertiary/aromatic N) is 2. The van der Waals surface area contributed by atoms with Crippen LogP contribution in [0.5, 0.6) is 0 Å². The summed E-state index contributed by atoms with van der Waals surface area (Å²) >= 11 is 0. The van der Waals surface area contributed by atoms with E-state index in [1.54, 1.807) is 6.20 Å². The second-order valence-electron chi connectivity index (χ2n) is 4.70. The van der Waals surface area contributed by atoms with Crippen LogP contribution in [0, 0.1) is 0 Å². The van der Waals surface area contributed by atoms with Gasteiger partial charge in [0.05, 0.1) is 16.9 Å². The minimum atomic E-state index is 0.349. The lowest BCUT2D eigenvalue weighted by Gasteiger charge is -2.09. The van der Waals surface area contributed by atoms with Crippen LogP contribution in [0.1, 0.15) is 11.4 Å². The molecule has 2 heterocycles. The molecule has 0 N–H and O–H groups in total. The van der Waals surface area contributed by atoms with Gasteiger partial charge in [-0.25, -0.2) is 4.98 Å². The first-order valence-electron chi connectivity index (χ1n) is 6.86. The molecule has 0 atom stereocenters. The van der Waals surface area contributed by atoms with Crippen molar-refractivity contribution in [3.63, 3.8) is 0 Å². The first-order valence-corrected chi connectivity index (χ1v) is 6.86. The molecule has 1 aromatic carbocycles. The van der Waals surface area contributed by atoms with Gasteiger partial charge in [-0.15, -0.1) is 0 Å². The monoisotopic (exact) mass is 285 g/mol. The number of carbonyl (C=O) groups excluding carboxylic acids is 1. The number of benzene rings is 1.